The van der Waals surface area contributed by atoms with Gasteiger partial charge < -0.3 is 10.6 Å². The van der Waals surface area contributed by atoms with Crippen molar-refractivity contribution >= 4 is 23.3 Å². The Hall–Kier alpha value is -2.89. The molecule has 0 bridgehead atoms. The lowest BCUT2D eigenvalue weighted by atomic mass is 10.1. The Morgan fingerprint density at radius 1 is 1.04 bits per heavy atom. The highest BCUT2D eigenvalue weighted by Gasteiger charge is 2.10. The minimum Gasteiger partial charge on any atom is -0.376 e. The summed E-state index contributed by atoms with van der Waals surface area (Å²) in [6, 6.07) is 10.7. The summed E-state index contributed by atoms with van der Waals surface area (Å²) in [5.74, 6) is -1.08. The molecule has 120 valence electrons. The van der Waals surface area contributed by atoms with Crippen molar-refractivity contribution in [1.82, 2.24) is 5.32 Å². The molecule has 0 unspecified atom stereocenters. The molecule has 3 amide bonds. The van der Waals surface area contributed by atoms with Gasteiger partial charge in [0, 0.05) is 5.69 Å². The number of carbonyl (C=O) groups is 2. The van der Waals surface area contributed by atoms with Crippen LogP contribution in [-0.4, -0.2) is 18.5 Å². The molecule has 0 heterocycles. The highest BCUT2D eigenvalue weighted by atomic mass is 19.1. The average molecular weight is 315 g/mol. The van der Waals surface area contributed by atoms with E-state index in [2.05, 4.69) is 16.0 Å². The number of para-hydroxylation sites is 1. The molecule has 0 atom stereocenters. The number of hydrogen-bond donors (Lipinski definition) is 3. The maximum absolute atomic E-state index is 13.4. The fourth-order valence-electron chi connectivity index (χ4n) is 2.07. The van der Waals surface area contributed by atoms with Gasteiger partial charge in [-0.2, -0.15) is 0 Å². The van der Waals surface area contributed by atoms with Crippen molar-refractivity contribution < 1.29 is 14.0 Å². The Bertz CT molecular complexity index is 732. The van der Waals surface area contributed by atoms with Crippen molar-refractivity contribution in [3.63, 3.8) is 0 Å². The minimum atomic E-state index is -0.775. The van der Waals surface area contributed by atoms with E-state index in [0.717, 1.165) is 16.8 Å². The number of imide groups is 1. The summed E-state index contributed by atoms with van der Waals surface area (Å²) >= 11 is 0. The smallest absolute Gasteiger partial charge is 0.326 e. The van der Waals surface area contributed by atoms with Crippen LogP contribution >= 0.6 is 0 Å². The molecule has 5 nitrogen and oxygen atoms in total. The Kier molecular flexibility index (Phi) is 5.30. The number of amides is 3. The summed E-state index contributed by atoms with van der Waals surface area (Å²) in [5.41, 5.74) is 2.97. The van der Waals surface area contributed by atoms with Gasteiger partial charge in [0.25, 0.3) is 0 Å². The summed E-state index contributed by atoms with van der Waals surface area (Å²) in [6.07, 6.45) is 0. The second kappa shape index (κ2) is 7.40. The Morgan fingerprint density at radius 2 is 1.78 bits per heavy atom. The van der Waals surface area contributed by atoms with Gasteiger partial charge in [0.05, 0.1) is 12.2 Å². The van der Waals surface area contributed by atoms with E-state index >= 15 is 0 Å². The Morgan fingerprint density at radius 3 is 2.48 bits per heavy atom. The number of anilines is 2. The number of hydrogen-bond acceptors (Lipinski definition) is 3. The molecule has 2 aromatic rings. The van der Waals surface area contributed by atoms with Gasteiger partial charge in [0.1, 0.15) is 5.82 Å². The van der Waals surface area contributed by atoms with Crippen LogP contribution in [0.1, 0.15) is 11.1 Å². The van der Waals surface area contributed by atoms with Gasteiger partial charge >= 0.3 is 6.03 Å². The average Bonchev–Trinajstić information content (AvgIpc) is 2.48. The van der Waals surface area contributed by atoms with Gasteiger partial charge in [0.15, 0.2) is 0 Å². The van der Waals surface area contributed by atoms with E-state index in [1.807, 2.05) is 32.0 Å². The van der Waals surface area contributed by atoms with Crippen molar-refractivity contribution in [2.75, 3.05) is 17.2 Å². The van der Waals surface area contributed by atoms with E-state index in [-0.39, 0.29) is 12.2 Å². The van der Waals surface area contributed by atoms with Gasteiger partial charge in [-0.3, -0.25) is 10.1 Å². The molecule has 3 N–H and O–H groups in total. The van der Waals surface area contributed by atoms with Crippen LogP contribution in [-0.2, 0) is 4.79 Å². The molecule has 0 saturated carbocycles. The molecule has 0 aliphatic heterocycles. The van der Waals surface area contributed by atoms with Crippen molar-refractivity contribution in [2.24, 2.45) is 0 Å². The largest absolute Gasteiger partial charge is 0.376 e. The predicted octanol–water partition coefficient (Wildman–Crippen LogP) is 3.20. The zero-order valence-corrected chi connectivity index (χ0v) is 12.9. The molecule has 0 fully saturated rings. The van der Waals surface area contributed by atoms with Crippen LogP contribution in [0.25, 0.3) is 0 Å². The molecule has 0 saturated heterocycles. The normalized spacial score (nSPS) is 10.0. The first-order valence-corrected chi connectivity index (χ1v) is 7.12. The zero-order chi connectivity index (χ0) is 16.8. The van der Waals surface area contributed by atoms with E-state index in [0.29, 0.717) is 0 Å². The number of urea groups is 1. The predicted molar refractivity (Wildman–Crippen MR) is 88.0 cm³/mol. The molecule has 0 aliphatic rings. The molecule has 2 rings (SSSR count). The van der Waals surface area contributed by atoms with Crippen LogP contribution in [0.4, 0.5) is 20.6 Å². The van der Waals surface area contributed by atoms with Gasteiger partial charge in [-0.25, -0.2) is 9.18 Å². The summed E-state index contributed by atoms with van der Waals surface area (Å²) in [5, 5.41) is 7.38. The third-order valence-electron chi connectivity index (χ3n) is 3.20. The molecule has 2 aromatic carbocycles. The molecule has 6 heteroatoms. The lowest BCUT2D eigenvalue weighted by Crippen LogP contribution is -2.38. The first kappa shape index (κ1) is 16.5. The van der Waals surface area contributed by atoms with E-state index < -0.39 is 17.8 Å². The first-order chi connectivity index (χ1) is 11.0. The topological polar surface area (TPSA) is 70.2 Å². The van der Waals surface area contributed by atoms with Crippen molar-refractivity contribution in [3.05, 3.63) is 59.4 Å². The fraction of sp³-hybridized carbons (Fsp3) is 0.176. The lowest BCUT2D eigenvalue weighted by Gasteiger charge is -2.11. The van der Waals surface area contributed by atoms with E-state index in [9.17, 15) is 14.0 Å². The van der Waals surface area contributed by atoms with Gasteiger partial charge in [-0.05, 0) is 37.6 Å². The standard InChI is InChI=1S/C17H18FN3O2/c1-11-7-8-14(12(2)9-11)19-10-16(22)21-17(23)20-15-6-4-3-5-13(15)18/h3-9,19H,10H2,1-2H3,(H2,20,21,22,23). The summed E-state index contributed by atoms with van der Waals surface area (Å²) < 4.78 is 13.4. The quantitative estimate of drug-likeness (QED) is 0.811. The van der Waals surface area contributed by atoms with Crippen molar-refractivity contribution in [2.45, 2.75) is 13.8 Å². The Balaban J connectivity index is 1.85. The highest BCUT2D eigenvalue weighted by Crippen LogP contribution is 2.15. The zero-order valence-electron chi connectivity index (χ0n) is 12.9. The van der Waals surface area contributed by atoms with E-state index in [4.69, 9.17) is 0 Å². The fourth-order valence-corrected chi connectivity index (χ4v) is 2.07. The van der Waals surface area contributed by atoms with E-state index in [1.54, 1.807) is 6.07 Å². The third-order valence-corrected chi connectivity index (χ3v) is 3.20. The molecule has 0 aliphatic carbocycles. The SMILES string of the molecule is Cc1ccc(NCC(=O)NC(=O)Nc2ccccc2F)c(C)c1. The molecular weight excluding hydrogens is 297 g/mol. The Labute approximate surface area is 133 Å². The highest BCUT2D eigenvalue weighted by molar-refractivity contribution is 6.02. The van der Waals surface area contributed by atoms with Crippen molar-refractivity contribution in [3.8, 4) is 0 Å². The molecule has 0 spiro atoms. The molecular formula is C17H18FN3O2. The van der Waals surface area contributed by atoms with Gasteiger partial charge in [-0.1, -0.05) is 29.8 Å². The maximum atomic E-state index is 13.4. The molecule has 0 aromatic heterocycles. The monoisotopic (exact) mass is 315 g/mol. The van der Waals surface area contributed by atoms with Crippen LogP contribution in [0.3, 0.4) is 0 Å². The van der Waals surface area contributed by atoms with Crippen LogP contribution in [0.15, 0.2) is 42.5 Å². The number of aryl methyl sites for hydroxylation is 2. The lowest BCUT2D eigenvalue weighted by molar-refractivity contribution is -0.118. The van der Waals surface area contributed by atoms with Crippen molar-refractivity contribution in [1.29, 1.82) is 0 Å². The number of carbonyl (C=O) groups excluding carboxylic acids is 2. The first-order valence-electron chi connectivity index (χ1n) is 7.12. The number of halogens is 1. The van der Waals surface area contributed by atoms with Gasteiger partial charge in [0.2, 0.25) is 5.91 Å². The maximum Gasteiger partial charge on any atom is 0.326 e. The summed E-state index contributed by atoms with van der Waals surface area (Å²) in [7, 11) is 0. The van der Waals surface area contributed by atoms with Crippen LogP contribution in [0, 0.1) is 19.7 Å². The van der Waals surface area contributed by atoms with E-state index in [1.165, 1.54) is 18.2 Å². The second-order valence-electron chi connectivity index (χ2n) is 5.15. The minimum absolute atomic E-state index is 0.0140. The van der Waals surface area contributed by atoms with Crippen LogP contribution < -0.4 is 16.0 Å². The third kappa shape index (κ3) is 4.81. The summed E-state index contributed by atoms with van der Waals surface area (Å²) in [6.45, 7) is 3.85. The summed E-state index contributed by atoms with van der Waals surface area (Å²) in [4.78, 5) is 23.4. The van der Waals surface area contributed by atoms with Crippen LogP contribution in [0.2, 0.25) is 0 Å². The number of nitrogens with one attached hydrogen (secondary N) is 3. The second-order valence-corrected chi connectivity index (χ2v) is 5.15. The van der Waals surface area contributed by atoms with Crippen LogP contribution in [0.5, 0.6) is 0 Å². The molecule has 23 heavy (non-hydrogen) atoms. The number of benzene rings is 2. The van der Waals surface area contributed by atoms with Gasteiger partial charge in [-0.15, -0.1) is 0 Å². The molecule has 0 radical (unpaired) electrons. The number of rotatable bonds is 4.